The van der Waals surface area contributed by atoms with Gasteiger partial charge in [0.1, 0.15) is 0 Å². The molecule has 1 fully saturated rings. The maximum absolute atomic E-state index is 10.3. The lowest BCUT2D eigenvalue weighted by molar-refractivity contribution is 0.0376. The fourth-order valence-electron chi connectivity index (χ4n) is 2.75. The van der Waals surface area contributed by atoms with E-state index in [2.05, 4.69) is 12.3 Å². The molecule has 1 aliphatic rings. The number of nitrogens with zero attached hydrogens (tertiary/aromatic N) is 1. The van der Waals surface area contributed by atoms with E-state index < -0.39 is 11.5 Å². The molecule has 0 radical (unpaired) electrons. The van der Waals surface area contributed by atoms with Crippen LogP contribution >= 0.6 is 11.8 Å². The fraction of sp³-hybridized carbons (Fsp3) is 0.929. The van der Waals surface area contributed by atoms with Crippen molar-refractivity contribution < 1.29 is 5.11 Å². The van der Waals surface area contributed by atoms with Crippen molar-refractivity contribution in [1.82, 2.24) is 0 Å². The molecule has 0 bridgehead atoms. The first-order valence-corrected chi connectivity index (χ1v) is 8.23. The molecule has 3 heteroatoms. The van der Waals surface area contributed by atoms with Crippen LogP contribution in [0.15, 0.2) is 0 Å². The normalized spacial score (nSPS) is 22.2. The molecule has 0 aromatic rings. The van der Waals surface area contributed by atoms with E-state index in [1.807, 2.05) is 11.8 Å². The molecule has 2 nitrogen and oxygen atoms in total. The SMILES string of the molecule is CSCCCC(O)C1(C#N)CCCCCCC1. The summed E-state index contributed by atoms with van der Waals surface area (Å²) in [6.07, 6.45) is 11.2. The summed E-state index contributed by atoms with van der Waals surface area (Å²) in [5, 5.41) is 19.8. The van der Waals surface area contributed by atoms with E-state index in [1.54, 1.807) is 0 Å². The van der Waals surface area contributed by atoms with Crippen molar-refractivity contribution in [3.8, 4) is 6.07 Å². The first-order chi connectivity index (χ1) is 8.25. The van der Waals surface area contributed by atoms with Gasteiger partial charge in [0.2, 0.25) is 0 Å². The Balaban J connectivity index is 2.54. The van der Waals surface area contributed by atoms with E-state index in [1.165, 1.54) is 19.3 Å². The van der Waals surface area contributed by atoms with Crippen molar-refractivity contribution in [2.75, 3.05) is 12.0 Å². The van der Waals surface area contributed by atoms with Crippen LogP contribution in [-0.4, -0.2) is 23.2 Å². The predicted molar refractivity (Wildman–Crippen MR) is 74.0 cm³/mol. The van der Waals surface area contributed by atoms with Crippen LogP contribution < -0.4 is 0 Å². The molecule has 0 saturated heterocycles. The molecule has 1 saturated carbocycles. The van der Waals surface area contributed by atoms with Gasteiger partial charge in [0.25, 0.3) is 0 Å². The summed E-state index contributed by atoms with van der Waals surface area (Å²) < 4.78 is 0. The van der Waals surface area contributed by atoms with Crippen LogP contribution in [-0.2, 0) is 0 Å². The van der Waals surface area contributed by atoms with Gasteiger partial charge in [-0.3, -0.25) is 0 Å². The Hall–Kier alpha value is -0.200. The average molecular weight is 255 g/mol. The number of hydrogen-bond acceptors (Lipinski definition) is 3. The maximum atomic E-state index is 10.3. The van der Waals surface area contributed by atoms with E-state index in [0.717, 1.165) is 44.3 Å². The summed E-state index contributed by atoms with van der Waals surface area (Å²) in [4.78, 5) is 0. The zero-order valence-electron chi connectivity index (χ0n) is 11.0. The van der Waals surface area contributed by atoms with Crippen molar-refractivity contribution in [3.63, 3.8) is 0 Å². The lowest BCUT2D eigenvalue weighted by Crippen LogP contribution is -2.34. The minimum absolute atomic E-state index is 0.419. The Labute approximate surface area is 110 Å². The van der Waals surface area contributed by atoms with E-state index in [9.17, 15) is 10.4 Å². The Kier molecular flexibility index (Phi) is 6.99. The maximum Gasteiger partial charge on any atom is 0.0832 e. The monoisotopic (exact) mass is 255 g/mol. The van der Waals surface area contributed by atoms with Crippen molar-refractivity contribution in [2.24, 2.45) is 5.41 Å². The zero-order chi connectivity index (χ0) is 12.6. The second kappa shape index (κ2) is 8.00. The molecule has 1 rings (SSSR count). The van der Waals surface area contributed by atoms with E-state index in [-0.39, 0.29) is 0 Å². The number of hydrogen-bond donors (Lipinski definition) is 1. The first kappa shape index (κ1) is 14.9. The average Bonchev–Trinajstić information content (AvgIpc) is 2.30. The van der Waals surface area contributed by atoms with Crippen LogP contribution in [0.4, 0.5) is 0 Å². The number of aliphatic hydroxyl groups is 1. The van der Waals surface area contributed by atoms with Gasteiger partial charge in [-0.2, -0.15) is 17.0 Å². The molecule has 98 valence electrons. The van der Waals surface area contributed by atoms with E-state index in [4.69, 9.17) is 0 Å². The molecule has 1 atom stereocenters. The molecule has 0 aromatic carbocycles. The van der Waals surface area contributed by atoms with Crippen molar-refractivity contribution in [3.05, 3.63) is 0 Å². The summed E-state index contributed by atoms with van der Waals surface area (Å²) in [6, 6.07) is 2.46. The number of rotatable bonds is 5. The highest BCUT2D eigenvalue weighted by Gasteiger charge is 2.37. The van der Waals surface area contributed by atoms with Crippen LogP contribution in [0.2, 0.25) is 0 Å². The molecular formula is C14H25NOS. The third kappa shape index (κ3) is 4.52. The van der Waals surface area contributed by atoms with Gasteiger partial charge in [-0.25, -0.2) is 0 Å². The number of nitriles is 1. The molecule has 0 spiro atoms. The minimum Gasteiger partial charge on any atom is -0.391 e. The van der Waals surface area contributed by atoms with Gasteiger partial charge >= 0.3 is 0 Å². The van der Waals surface area contributed by atoms with Gasteiger partial charge in [-0.05, 0) is 37.7 Å². The molecule has 0 heterocycles. The largest absolute Gasteiger partial charge is 0.391 e. The summed E-state index contributed by atoms with van der Waals surface area (Å²) in [5.41, 5.74) is -0.446. The Bertz CT molecular complexity index is 241. The van der Waals surface area contributed by atoms with Crippen LogP contribution in [0.3, 0.4) is 0 Å². The van der Waals surface area contributed by atoms with Crippen LogP contribution in [0.25, 0.3) is 0 Å². The van der Waals surface area contributed by atoms with E-state index >= 15 is 0 Å². The number of aliphatic hydroxyl groups excluding tert-OH is 1. The molecule has 0 aliphatic heterocycles. The van der Waals surface area contributed by atoms with Crippen LogP contribution in [0, 0.1) is 16.7 Å². The summed E-state index contributed by atoms with van der Waals surface area (Å²) in [5.74, 6) is 1.08. The van der Waals surface area contributed by atoms with Gasteiger partial charge < -0.3 is 5.11 Å². The second-order valence-corrected chi connectivity index (χ2v) is 6.17. The standard InChI is InChI=1S/C14H25NOS/c1-17-11-7-8-13(16)14(12-15)9-5-3-2-4-6-10-14/h13,16H,2-11H2,1H3. The van der Waals surface area contributed by atoms with Gasteiger partial charge in [-0.15, -0.1) is 0 Å². The fourth-order valence-corrected chi connectivity index (χ4v) is 3.21. The van der Waals surface area contributed by atoms with E-state index in [0.29, 0.717) is 0 Å². The van der Waals surface area contributed by atoms with Crippen molar-refractivity contribution >= 4 is 11.8 Å². The minimum atomic E-state index is -0.446. The Morgan fingerprint density at radius 3 is 2.35 bits per heavy atom. The highest BCUT2D eigenvalue weighted by Crippen LogP contribution is 2.38. The second-order valence-electron chi connectivity index (χ2n) is 5.19. The topological polar surface area (TPSA) is 44.0 Å². The lowest BCUT2D eigenvalue weighted by atomic mass is 9.72. The van der Waals surface area contributed by atoms with Crippen LogP contribution in [0.5, 0.6) is 0 Å². The van der Waals surface area contributed by atoms with Crippen molar-refractivity contribution in [1.29, 1.82) is 5.26 Å². The zero-order valence-corrected chi connectivity index (χ0v) is 11.8. The smallest absolute Gasteiger partial charge is 0.0832 e. The van der Waals surface area contributed by atoms with Crippen molar-refractivity contribution in [2.45, 2.75) is 63.9 Å². The first-order valence-electron chi connectivity index (χ1n) is 6.83. The highest BCUT2D eigenvalue weighted by atomic mass is 32.2. The number of thioether (sulfide) groups is 1. The van der Waals surface area contributed by atoms with Gasteiger partial charge in [-0.1, -0.05) is 32.1 Å². The van der Waals surface area contributed by atoms with Gasteiger partial charge in [0, 0.05) is 0 Å². The molecule has 1 unspecified atom stereocenters. The Morgan fingerprint density at radius 2 is 1.82 bits per heavy atom. The third-order valence-electron chi connectivity index (χ3n) is 3.93. The van der Waals surface area contributed by atoms with Crippen LogP contribution in [0.1, 0.15) is 57.8 Å². The molecule has 1 N–H and O–H groups in total. The van der Waals surface area contributed by atoms with Gasteiger partial charge in [0.05, 0.1) is 17.6 Å². The third-order valence-corrected chi connectivity index (χ3v) is 4.63. The summed E-state index contributed by atoms with van der Waals surface area (Å²) in [7, 11) is 0. The quantitative estimate of drug-likeness (QED) is 0.761. The molecule has 0 amide bonds. The molecule has 0 aromatic heterocycles. The molecule has 1 aliphatic carbocycles. The molecular weight excluding hydrogens is 230 g/mol. The predicted octanol–water partition coefficient (Wildman–Crippen LogP) is 3.74. The summed E-state index contributed by atoms with van der Waals surface area (Å²) >= 11 is 1.81. The lowest BCUT2D eigenvalue weighted by Gasteiger charge is -2.33. The highest BCUT2D eigenvalue weighted by molar-refractivity contribution is 7.98. The van der Waals surface area contributed by atoms with Gasteiger partial charge in [0.15, 0.2) is 0 Å². The molecule has 17 heavy (non-hydrogen) atoms. The Morgan fingerprint density at radius 1 is 1.24 bits per heavy atom. The summed E-state index contributed by atoms with van der Waals surface area (Å²) in [6.45, 7) is 0.